The number of aromatic nitrogens is 4. The van der Waals surface area contributed by atoms with Gasteiger partial charge in [-0.15, -0.1) is 0 Å². The predicted octanol–water partition coefficient (Wildman–Crippen LogP) is 6.71. The molecule has 0 saturated heterocycles. The lowest BCUT2D eigenvalue weighted by atomic mass is 10.1. The third-order valence-corrected chi connectivity index (χ3v) is 6.15. The molecule has 7 nitrogen and oxygen atoms in total. The number of thiazole rings is 1. The minimum atomic E-state index is -4.43. The number of alkyl halides is 3. The van der Waals surface area contributed by atoms with Crippen LogP contribution in [0.1, 0.15) is 24.2 Å². The van der Waals surface area contributed by atoms with E-state index in [1.54, 1.807) is 18.3 Å². The Kier molecular flexibility index (Phi) is 6.15. The molecule has 3 aromatic heterocycles. The summed E-state index contributed by atoms with van der Waals surface area (Å²) >= 11 is 1.33. The fraction of sp³-hybridized carbons (Fsp3) is 0.120. The van der Waals surface area contributed by atoms with E-state index in [2.05, 4.69) is 25.3 Å². The lowest BCUT2D eigenvalue weighted by molar-refractivity contribution is -0.137. The van der Waals surface area contributed by atoms with E-state index in [1.165, 1.54) is 23.5 Å². The number of pyridine rings is 1. The van der Waals surface area contributed by atoms with Crippen LogP contribution in [-0.2, 0) is 6.18 Å². The number of nitrogens with zero attached hydrogens (tertiary/aromatic N) is 4. The highest BCUT2D eigenvalue weighted by Gasteiger charge is 2.30. The minimum absolute atomic E-state index is 0.190. The summed E-state index contributed by atoms with van der Waals surface area (Å²) in [6.07, 6.45) is -2.75. The third kappa shape index (κ3) is 5.05. The van der Waals surface area contributed by atoms with Gasteiger partial charge in [-0.3, -0.25) is 4.98 Å². The molecule has 182 valence electrons. The SMILES string of the molecule is CC(Nc1nc(Oc2cccc3sc(N)nc23)cc(-c2ccc(C(F)(F)F)cc2)n1)c1ccccn1. The normalized spacial score (nSPS) is 12.4. The Bertz CT molecular complexity index is 1510. The zero-order chi connectivity index (χ0) is 25.3. The van der Waals surface area contributed by atoms with Crippen LogP contribution in [0.15, 0.2) is 72.9 Å². The van der Waals surface area contributed by atoms with E-state index in [0.29, 0.717) is 27.7 Å². The number of nitrogen functional groups attached to an aromatic ring is 1. The second-order valence-corrected chi connectivity index (χ2v) is 8.93. The van der Waals surface area contributed by atoms with Crippen LogP contribution in [0, 0.1) is 0 Å². The second-order valence-electron chi connectivity index (χ2n) is 7.87. The van der Waals surface area contributed by atoms with Crippen molar-refractivity contribution in [3.63, 3.8) is 0 Å². The average molecular weight is 509 g/mol. The summed E-state index contributed by atoms with van der Waals surface area (Å²) in [7, 11) is 0. The quantitative estimate of drug-likeness (QED) is 0.263. The molecule has 0 bridgehead atoms. The van der Waals surface area contributed by atoms with Crippen LogP contribution < -0.4 is 15.8 Å². The van der Waals surface area contributed by atoms with Crippen LogP contribution in [0.4, 0.5) is 24.3 Å². The number of anilines is 2. The number of hydrogen-bond donors (Lipinski definition) is 2. The summed E-state index contributed by atoms with van der Waals surface area (Å²) in [5.41, 5.74) is 7.33. The molecule has 0 amide bonds. The van der Waals surface area contributed by atoms with Gasteiger partial charge >= 0.3 is 6.18 Å². The Morgan fingerprint density at radius 2 is 1.78 bits per heavy atom. The van der Waals surface area contributed by atoms with E-state index in [4.69, 9.17) is 10.5 Å². The van der Waals surface area contributed by atoms with Crippen molar-refractivity contribution in [2.24, 2.45) is 0 Å². The number of nitrogens with two attached hydrogens (primary N) is 1. The molecule has 3 heterocycles. The average Bonchev–Trinajstić information content (AvgIpc) is 3.25. The van der Waals surface area contributed by atoms with Crippen LogP contribution in [0.2, 0.25) is 0 Å². The van der Waals surface area contributed by atoms with Crippen LogP contribution in [0.25, 0.3) is 21.5 Å². The molecular weight excluding hydrogens is 489 g/mol. The number of para-hydroxylation sites is 1. The van der Waals surface area contributed by atoms with Crippen LogP contribution in [0.5, 0.6) is 11.6 Å². The predicted molar refractivity (Wildman–Crippen MR) is 133 cm³/mol. The lowest BCUT2D eigenvalue weighted by Crippen LogP contribution is -2.11. The molecule has 0 aliphatic rings. The number of ether oxygens (including phenoxy) is 1. The Morgan fingerprint density at radius 1 is 0.972 bits per heavy atom. The van der Waals surface area contributed by atoms with Gasteiger partial charge in [0.05, 0.1) is 27.7 Å². The van der Waals surface area contributed by atoms with Gasteiger partial charge in [0, 0.05) is 17.8 Å². The molecule has 2 aromatic carbocycles. The summed E-state index contributed by atoms with van der Waals surface area (Å²) < 4.78 is 46.1. The molecule has 0 aliphatic carbocycles. The molecule has 0 saturated carbocycles. The Balaban J connectivity index is 1.53. The largest absolute Gasteiger partial charge is 0.437 e. The van der Waals surface area contributed by atoms with Gasteiger partial charge in [0.1, 0.15) is 5.52 Å². The van der Waals surface area contributed by atoms with E-state index in [-0.39, 0.29) is 17.9 Å². The molecule has 0 radical (unpaired) electrons. The molecule has 5 rings (SSSR count). The van der Waals surface area contributed by atoms with Gasteiger partial charge in [-0.2, -0.15) is 18.2 Å². The number of nitrogens with one attached hydrogen (secondary N) is 1. The van der Waals surface area contributed by atoms with E-state index in [9.17, 15) is 13.2 Å². The van der Waals surface area contributed by atoms with Crippen molar-refractivity contribution in [3.8, 4) is 22.9 Å². The molecule has 3 N–H and O–H groups in total. The fourth-order valence-electron chi connectivity index (χ4n) is 3.55. The van der Waals surface area contributed by atoms with Crippen molar-refractivity contribution >= 4 is 32.6 Å². The van der Waals surface area contributed by atoms with E-state index in [1.807, 2.05) is 37.3 Å². The van der Waals surface area contributed by atoms with Gasteiger partial charge < -0.3 is 15.8 Å². The van der Waals surface area contributed by atoms with E-state index < -0.39 is 11.7 Å². The Hall–Kier alpha value is -4.25. The van der Waals surface area contributed by atoms with Gasteiger partial charge in [-0.1, -0.05) is 35.6 Å². The van der Waals surface area contributed by atoms with E-state index in [0.717, 1.165) is 22.5 Å². The minimum Gasteiger partial charge on any atom is -0.437 e. The number of benzene rings is 2. The first-order valence-electron chi connectivity index (χ1n) is 10.8. The van der Waals surface area contributed by atoms with Gasteiger partial charge in [0.15, 0.2) is 10.9 Å². The maximum atomic E-state index is 13.1. The molecule has 0 aliphatic heterocycles. The summed E-state index contributed by atoms with van der Waals surface area (Å²) in [6.45, 7) is 1.90. The first-order chi connectivity index (χ1) is 17.3. The summed E-state index contributed by atoms with van der Waals surface area (Å²) in [6, 6.07) is 17.1. The molecule has 0 spiro atoms. The number of rotatable bonds is 6. The third-order valence-electron chi connectivity index (χ3n) is 5.30. The standard InChI is InChI=1S/C25H19F3N6OS/c1-14(17-5-2-3-12-30-17)31-24-32-18(15-8-10-16(11-9-15)25(26,27)28)13-21(33-24)35-19-6-4-7-20-22(19)34-23(29)36-20/h2-14H,1H3,(H2,29,34)(H,31,32,33). The van der Waals surface area contributed by atoms with Gasteiger partial charge in [-0.05, 0) is 43.3 Å². The molecular formula is C25H19F3N6OS. The lowest BCUT2D eigenvalue weighted by Gasteiger charge is -2.15. The zero-order valence-corrected chi connectivity index (χ0v) is 19.6. The number of hydrogen-bond acceptors (Lipinski definition) is 8. The second kappa shape index (κ2) is 9.42. The summed E-state index contributed by atoms with van der Waals surface area (Å²) in [5.74, 6) is 0.862. The highest BCUT2D eigenvalue weighted by Crippen LogP contribution is 2.35. The molecule has 0 fully saturated rings. The van der Waals surface area contributed by atoms with Crippen molar-refractivity contribution in [1.29, 1.82) is 0 Å². The van der Waals surface area contributed by atoms with Gasteiger partial charge in [0.25, 0.3) is 0 Å². The number of halogens is 3. The Morgan fingerprint density at radius 3 is 2.50 bits per heavy atom. The van der Waals surface area contributed by atoms with Crippen molar-refractivity contribution < 1.29 is 17.9 Å². The maximum Gasteiger partial charge on any atom is 0.416 e. The summed E-state index contributed by atoms with van der Waals surface area (Å²) in [4.78, 5) is 17.7. The maximum absolute atomic E-state index is 13.1. The van der Waals surface area contributed by atoms with Crippen molar-refractivity contribution in [2.45, 2.75) is 19.1 Å². The monoisotopic (exact) mass is 508 g/mol. The highest BCUT2D eigenvalue weighted by molar-refractivity contribution is 7.22. The molecule has 11 heteroatoms. The van der Waals surface area contributed by atoms with Crippen molar-refractivity contribution in [1.82, 2.24) is 19.9 Å². The highest BCUT2D eigenvalue weighted by atomic mass is 32.1. The molecule has 1 unspecified atom stereocenters. The Labute approximate surface area is 207 Å². The first kappa shape index (κ1) is 23.5. The first-order valence-corrected chi connectivity index (χ1v) is 11.6. The molecule has 1 atom stereocenters. The van der Waals surface area contributed by atoms with Crippen LogP contribution >= 0.6 is 11.3 Å². The van der Waals surface area contributed by atoms with Crippen molar-refractivity contribution in [2.75, 3.05) is 11.1 Å². The molecule has 36 heavy (non-hydrogen) atoms. The number of fused-ring (bicyclic) bond motifs is 1. The van der Waals surface area contributed by atoms with Crippen LogP contribution in [0.3, 0.4) is 0 Å². The topological polar surface area (TPSA) is 98.8 Å². The zero-order valence-electron chi connectivity index (χ0n) is 18.8. The smallest absolute Gasteiger partial charge is 0.416 e. The van der Waals surface area contributed by atoms with Gasteiger partial charge in [0.2, 0.25) is 11.8 Å². The summed E-state index contributed by atoms with van der Waals surface area (Å²) in [5, 5.41) is 3.60. The van der Waals surface area contributed by atoms with Gasteiger partial charge in [-0.25, -0.2) is 9.97 Å². The molecule has 5 aromatic rings. The van der Waals surface area contributed by atoms with Crippen molar-refractivity contribution in [3.05, 3.63) is 84.2 Å². The van der Waals surface area contributed by atoms with Crippen LogP contribution in [-0.4, -0.2) is 19.9 Å². The van der Waals surface area contributed by atoms with E-state index >= 15 is 0 Å². The fourth-order valence-corrected chi connectivity index (χ4v) is 4.31.